The van der Waals surface area contributed by atoms with Crippen LogP contribution in [0.4, 0.5) is 16.2 Å². The van der Waals surface area contributed by atoms with Gasteiger partial charge in [0.05, 0.1) is 13.7 Å². The minimum absolute atomic E-state index is 0.0292. The molecule has 3 amide bonds. The van der Waals surface area contributed by atoms with Crippen molar-refractivity contribution in [2.45, 2.75) is 20.4 Å². The van der Waals surface area contributed by atoms with Crippen molar-refractivity contribution >= 4 is 23.3 Å². The van der Waals surface area contributed by atoms with Gasteiger partial charge in [-0.1, -0.05) is 42.5 Å². The van der Waals surface area contributed by atoms with Crippen LogP contribution in [0.25, 0.3) is 0 Å². The van der Waals surface area contributed by atoms with Crippen LogP contribution in [0.3, 0.4) is 0 Å². The lowest BCUT2D eigenvalue weighted by Crippen LogP contribution is -2.41. The third kappa shape index (κ3) is 6.09. The van der Waals surface area contributed by atoms with Crippen LogP contribution in [-0.4, -0.2) is 25.6 Å². The maximum Gasteiger partial charge on any atom is 0.325 e. The number of nitrogens with zero attached hydrogens (tertiary/aromatic N) is 1. The van der Waals surface area contributed by atoms with E-state index < -0.39 is 11.9 Å². The van der Waals surface area contributed by atoms with Gasteiger partial charge in [-0.05, 0) is 60.9 Å². The van der Waals surface area contributed by atoms with Gasteiger partial charge in [-0.25, -0.2) is 4.79 Å². The topological polar surface area (TPSA) is 70.7 Å². The first-order valence-corrected chi connectivity index (χ1v) is 10.1. The maximum atomic E-state index is 12.7. The van der Waals surface area contributed by atoms with Crippen LogP contribution in [0.1, 0.15) is 16.7 Å². The van der Waals surface area contributed by atoms with Crippen LogP contribution in [0.15, 0.2) is 72.8 Å². The molecule has 2 N–H and O–H groups in total. The molecule has 0 aliphatic heterocycles. The number of anilines is 2. The van der Waals surface area contributed by atoms with E-state index in [0.717, 1.165) is 28.1 Å². The quantitative estimate of drug-likeness (QED) is 0.586. The molecule has 31 heavy (non-hydrogen) atoms. The summed E-state index contributed by atoms with van der Waals surface area (Å²) in [7, 11) is 1.61. The Hall–Kier alpha value is -3.80. The Morgan fingerprint density at radius 2 is 1.61 bits per heavy atom. The van der Waals surface area contributed by atoms with Gasteiger partial charge in [0.15, 0.2) is 0 Å². The van der Waals surface area contributed by atoms with Crippen molar-refractivity contribution in [3.8, 4) is 5.75 Å². The van der Waals surface area contributed by atoms with Gasteiger partial charge in [-0.2, -0.15) is 0 Å². The summed E-state index contributed by atoms with van der Waals surface area (Å²) in [4.78, 5) is 26.9. The number of methoxy groups -OCH3 is 1. The summed E-state index contributed by atoms with van der Waals surface area (Å²) in [6.45, 7) is 4.46. The highest BCUT2D eigenvalue weighted by Crippen LogP contribution is 2.21. The summed E-state index contributed by atoms with van der Waals surface area (Å²) in [6.07, 6.45) is 0. The number of imide groups is 1. The first-order valence-electron chi connectivity index (χ1n) is 10.1. The van der Waals surface area contributed by atoms with Crippen molar-refractivity contribution in [1.29, 1.82) is 0 Å². The number of carbonyl (C=O) groups is 2. The number of aryl methyl sites for hydroxylation is 1. The molecule has 3 aromatic carbocycles. The van der Waals surface area contributed by atoms with Gasteiger partial charge in [0.2, 0.25) is 5.91 Å². The molecule has 0 fully saturated rings. The second-order valence-electron chi connectivity index (χ2n) is 7.29. The predicted molar refractivity (Wildman–Crippen MR) is 124 cm³/mol. The Morgan fingerprint density at radius 1 is 0.903 bits per heavy atom. The summed E-state index contributed by atoms with van der Waals surface area (Å²) in [5.74, 6) is 0.343. The molecule has 0 aliphatic rings. The van der Waals surface area contributed by atoms with E-state index in [-0.39, 0.29) is 6.54 Å². The lowest BCUT2D eigenvalue weighted by Gasteiger charge is -2.24. The molecule has 0 aliphatic carbocycles. The SMILES string of the molecule is COc1ccc(N(CC(=O)NC(=O)Nc2cccc(C)c2C)Cc2ccccc2)cc1. The molecular formula is C25H27N3O3. The molecule has 0 saturated heterocycles. The minimum atomic E-state index is -0.548. The molecule has 160 valence electrons. The molecule has 0 aromatic heterocycles. The van der Waals surface area contributed by atoms with Crippen molar-refractivity contribution in [1.82, 2.24) is 5.32 Å². The molecule has 6 nitrogen and oxygen atoms in total. The van der Waals surface area contributed by atoms with Gasteiger partial charge in [-0.3, -0.25) is 10.1 Å². The van der Waals surface area contributed by atoms with Crippen molar-refractivity contribution in [2.75, 3.05) is 23.9 Å². The van der Waals surface area contributed by atoms with Crippen molar-refractivity contribution in [3.63, 3.8) is 0 Å². The summed E-state index contributed by atoms with van der Waals surface area (Å²) in [6, 6.07) is 22.4. The van der Waals surface area contributed by atoms with Crippen molar-refractivity contribution in [2.24, 2.45) is 0 Å². The zero-order valence-electron chi connectivity index (χ0n) is 18.0. The van der Waals surface area contributed by atoms with E-state index in [1.54, 1.807) is 7.11 Å². The Kier molecular flexibility index (Phi) is 7.27. The lowest BCUT2D eigenvalue weighted by molar-refractivity contribution is -0.118. The number of urea groups is 1. The maximum absolute atomic E-state index is 12.7. The van der Waals surface area contributed by atoms with E-state index in [1.807, 2.05) is 91.5 Å². The molecule has 0 spiro atoms. The molecule has 0 unspecified atom stereocenters. The molecule has 0 atom stereocenters. The van der Waals surface area contributed by atoms with Crippen LogP contribution in [0.5, 0.6) is 5.75 Å². The molecule has 3 aromatic rings. The third-order valence-corrected chi connectivity index (χ3v) is 5.09. The number of carbonyl (C=O) groups excluding carboxylic acids is 2. The van der Waals surface area contributed by atoms with Gasteiger partial charge in [-0.15, -0.1) is 0 Å². The molecule has 3 rings (SSSR count). The van der Waals surface area contributed by atoms with Gasteiger partial charge >= 0.3 is 6.03 Å². The van der Waals surface area contributed by atoms with E-state index >= 15 is 0 Å². The number of rotatable bonds is 7. The molecule has 0 bridgehead atoms. The van der Waals surface area contributed by atoms with Gasteiger partial charge in [0, 0.05) is 17.9 Å². The number of ether oxygens (including phenoxy) is 1. The number of benzene rings is 3. The fourth-order valence-electron chi connectivity index (χ4n) is 3.21. The smallest absolute Gasteiger partial charge is 0.325 e. The first kappa shape index (κ1) is 21.9. The summed E-state index contributed by atoms with van der Waals surface area (Å²) < 4.78 is 5.22. The van der Waals surface area contributed by atoms with Crippen LogP contribution < -0.4 is 20.3 Å². The summed E-state index contributed by atoms with van der Waals surface area (Å²) in [5, 5.41) is 5.18. The molecule has 6 heteroatoms. The summed E-state index contributed by atoms with van der Waals surface area (Å²) in [5.41, 5.74) is 4.63. The minimum Gasteiger partial charge on any atom is -0.497 e. The summed E-state index contributed by atoms with van der Waals surface area (Å²) >= 11 is 0. The second-order valence-corrected chi connectivity index (χ2v) is 7.29. The highest BCUT2D eigenvalue weighted by molar-refractivity contribution is 6.02. The van der Waals surface area contributed by atoms with Crippen LogP contribution in [0, 0.1) is 13.8 Å². The number of nitrogens with one attached hydrogen (secondary N) is 2. The molecule has 0 heterocycles. The van der Waals surface area contributed by atoms with E-state index in [4.69, 9.17) is 4.74 Å². The van der Waals surface area contributed by atoms with E-state index in [0.29, 0.717) is 12.2 Å². The van der Waals surface area contributed by atoms with Crippen molar-refractivity contribution < 1.29 is 14.3 Å². The van der Waals surface area contributed by atoms with Crippen LogP contribution >= 0.6 is 0 Å². The number of hydrogen-bond donors (Lipinski definition) is 2. The molecular weight excluding hydrogens is 390 g/mol. The predicted octanol–water partition coefficient (Wildman–Crippen LogP) is 4.67. The largest absolute Gasteiger partial charge is 0.497 e. The Balaban J connectivity index is 1.69. The van der Waals surface area contributed by atoms with Gasteiger partial charge in [0.1, 0.15) is 5.75 Å². The molecule has 0 saturated carbocycles. The monoisotopic (exact) mass is 417 g/mol. The molecule has 0 radical (unpaired) electrons. The van der Waals surface area contributed by atoms with Crippen LogP contribution in [-0.2, 0) is 11.3 Å². The fraction of sp³-hybridized carbons (Fsp3) is 0.200. The average molecular weight is 418 g/mol. The highest BCUT2D eigenvalue weighted by Gasteiger charge is 2.15. The Morgan fingerprint density at radius 3 is 2.29 bits per heavy atom. The lowest BCUT2D eigenvalue weighted by atomic mass is 10.1. The Labute approximate surface area is 182 Å². The second kappa shape index (κ2) is 10.3. The van der Waals surface area contributed by atoms with E-state index in [9.17, 15) is 9.59 Å². The van der Waals surface area contributed by atoms with Gasteiger partial charge < -0.3 is 15.0 Å². The average Bonchev–Trinajstić information content (AvgIpc) is 2.77. The highest BCUT2D eigenvalue weighted by atomic mass is 16.5. The standard InChI is InChI=1S/C25H27N3O3/c1-18-8-7-11-23(19(18)2)26-25(30)27-24(29)17-28(16-20-9-5-4-6-10-20)21-12-14-22(31-3)15-13-21/h4-15H,16-17H2,1-3H3,(H2,26,27,29,30). The zero-order chi connectivity index (χ0) is 22.2. The number of amides is 3. The van der Waals surface area contributed by atoms with Crippen molar-refractivity contribution in [3.05, 3.63) is 89.5 Å². The van der Waals surface area contributed by atoms with E-state index in [1.165, 1.54) is 0 Å². The Bertz CT molecular complexity index is 1030. The normalized spacial score (nSPS) is 10.3. The van der Waals surface area contributed by atoms with E-state index in [2.05, 4.69) is 10.6 Å². The third-order valence-electron chi connectivity index (χ3n) is 5.09. The zero-order valence-corrected chi connectivity index (χ0v) is 18.0. The fourth-order valence-corrected chi connectivity index (χ4v) is 3.21. The van der Waals surface area contributed by atoms with Gasteiger partial charge in [0.25, 0.3) is 0 Å². The first-order chi connectivity index (χ1) is 15.0. The van der Waals surface area contributed by atoms with Crippen LogP contribution in [0.2, 0.25) is 0 Å². The number of hydrogen-bond acceptors (Lipinski definition) is 4.